The van der Waals surface area contributed by atoms with Crippen LogP contribution in [0.15, 0.2) is 24.3 Å². The second-order valence-electron chi connectivity index (χ2n) is 6.25. The van der Waals surface area contributed by atoms with Crippen LogP contribution in [0.5, 0.6) is 0 Å². The van der Waals surface area contributed by atoms with Gasteiger partial charge in [0.2, 0.25) is 5.13 Å². The van der Waals surface area contributed by atoms with E-state index in [9.17, 15) is 0 Å². The SMILES string of the molecule is Cc1ccccc1C1CN(c2nc(CC(C)C)ns2)CCO1. The lowest BCUT2D eigenvalue weighted by atomic mass is 10.0. The van der Waals surface area contributed by atoms with E-state index >= 15 is 0 Å². The van der Waals surface area contributed by atoms with E-state index < -0.39 is 0 Å². The normalized spacial score (nSPS) is 18.9. The largest absolute Gasteiger partial charge is 0.370 e. The number of anilines is 1. The zero-order valence-corrected chi connectivity index (χ0v) is 14.3. The van der Waals surface area contributed by atoms with Gasteiger partial charge in [-0.3, -0.25) is 0 Å². The Morgan fingerprint density at radius 2 is 2.18 bits per heavy atom. The number of rotatable bonds is 4. The second-order valence-corrected chi connectivity index (χ2v) is 6.98. The molecular weight excluding hydrogens is 294 g/mol. The first kappa shape index (κ1) is 15.4. The standard InChI is InChI=1S/C17H23N3OS/c1-12(2)10-16-18-17(22-19-16)20-8-9-21-15(11-20)14-7-5-4-6-13(14)3/h4-7,12,15H,8-11H2,1-3H3. The van der Waals surface area contributed by atoms with Crippen LogP contribution in [0.25, 0.3) is 0 Å². The topological polar surface area (TPSA) is 38.2 Å². The van der Waals surface area contributed by atoms with Crippen LogP contribution < -0.4 is 4.90 Å². The second kappa shape index (κ2) is 6.75. The number of benzene rings is 1. The minimum atomic E-state index is 0.118. The van der Waals surface area contributed by atoms with Gasteiger partial charge in [0.05, 0.1) is 13.2 Å². The summed E-state index contributed by atoms with van der Waals surface area (Å²) in [5, 5.41) is 1.03. The van der Waals surface area contributed by atoms with Gasteiger partial charge < -0.3 is 9.64 Å². The summed E-state index contributed by atoms with van der Waals surface area (Å²) in [4.78, 5) is 7.01. The van der Waals surface area contributed by atoms with Crippen molar-refractivity contribution < 1.29 is 4.74 Å². The Balaban J connectivity index is 1.73. The van der Waals surface area contributed by atoms with Crippen molar-refractivity contribution in [3.8, 4) is 0 Å². The molecule has 0 N–H and O–H groups in total. The Morgan fingerprint density at radius 3 is 2.95 bits per heavy atom. The van der Waals surface area contributed by atoms with E-state index in [2.05, 4.69) is 54.3 Å². The molecule has 3 rings (SSSR count). The van der Waals surface area contributed by atoms with E-state index in [1.165, 1.54) is 22.7 Å². The van der Waals surface area contributed by atoms with Crippen LogP contribution in [0.1, 0.15) is 36.9 Å². The number of hydrogen-bond donors (Lipinski definition) is 0. The van der Waals surface area contributed by atoms with Crippen molar-refractivity contribution in [1.82, 2.24) is 9.36 Å². The molecular formula is C17H23N3OS. The molecule has 4 nitrogen and oxygen atoms in total. The highest BCUT2D eigenvalue weighted by atomic mass is 32.1. The Morgan fingerprint density at radius 1 is 1.36 bits per heavy atom. The van der Waals surface area contributed by atoms with Crippen molar-refractivity contribution in [2.24, 2.45) is 5.92 Å². The van der Waals surface area contributed by atoms with Gasteiger partial charge in [0, 0.05) is 24.5 Å². The summed E-state index contributed by atoms with van der Waals surface area (Å²) >= 11 is 1.51. The van der Waals surface area contributed by atoms with E-state index in [1.807, 2.05) is 0 Å². The van der Waals surface area contributed by atoms with Crippen molar-refractivity contribution in [2.45, 2.75) is 33.3 Å². The molecule has 1 aromatic carbocycles. The van der Waals surface area contributed by atoms with Gasteiger partial charge in [-0.1, -0.05) is 38.1 Å². The lowest BCUT2D eigenvalue weighted by Crippen LogP contribution is -2.38. The van der Waals surface area contributed by atoms with Crippen molar-refractivity contribution >= 4 is 16.7 Å². The van der Waals surface area contributed by atoms with Crippen LogP contribution in [-0.2, 0) is 11.2 Å². The van der Waals surface area contributed by atoms with Crippen LogP contribution in [-0.4, -0.2) is 29.1 Å². The molecule has 0 saturated carbocycles. The van der Waals surface area contributed by atoms with Gasteiger partial charge in [0.15, 0.2) is 0 Å². The van der Waals surface area contributed by atoms with Crippen molar-refractivity contribution in [1.29, 1.82) is 0 Å². The van der Waals surface area contributed by atoms with Crippen LogP contribution in [0.4, 0.5) is 5.13 Å². The zero-order chi connectivity index (χ0) is 15.5. The van der Waals surface area contributed by atoms with Gasteiger partial charge in [-0.25, -0.2) is 4.98 Å². The number of ether oxygens (including phenoxy) is 1. The Bertz CT molecular complexity index is 626. The third kappa shape index (κ3) is 3.47. The molecule has 0 aliphatic carbocycles. The number of nitrogens with zero attached hydrogens (tertiary/aromatic N) is 3. The number of morpholine rings is 1. The van der Waals surface area contributed by atoms with Crippen LogP contribution >= 0.6 is 11.5 Å². The summed E-state index contributed by atoms with van der Waals surface area (Å²) in [5.74, 6) is 1.56. The van der Waals surface area contributed by atoms with Crippen molar-refractivity contribution in [2.75, 3.05) is 24.6 Å². The molecule has 5 heteroatoms. The first-order valence-corrected chi connectivity index (χ1v) is 8.65. The average Bonchev–Trinajstić information content (AvgIpc) is 2.95. The lowest BCUT2D eigenvalue weighted by molar-refractivity contribution is 0.0394. The first-order valence-electron chi connectivity index (χ1n) is 7.88. The molecule has 1 saturated heterocycles. The van der Waals surface area contributed by atoms with Crippen LogP contribution in [0.2, 0.25) is 0 Å². The van der Waals surface area contributed by atoms with Gasteiger partial charge in [-0.15, -0.1) is 0 Å². The molecule has 22 heavy (non-hydrogen) atoms. The summed E-state index contributed by atoms with van der Waals surface area (Å²) in [5.41, 5.74) is 2.56. The van der Waals surface area contributed by atoms with Crippen LogP contribution in [0, 0.1) is 12.8 Å². The third-order valence-electron chi connectivity index (χ3n) is 3.92. The molecule has 0 bridgehead atoms. The summed E-state index contributed by atoms with van der Waals surface area (Å²) in [6.45, 7) is 9.01. The fourth-order valence-electron chi connectivity index (χ4n) is 2.78. The predicted molar refractivity (Wildman–Crippen MR) is 90.5 cm³/mol. The molecule has 1 aliphatic rings. The van der Waals surface area contributed by atoms with Gasteiger partial charge in [-0.2, -0.15) is 4.37 Å². The molecule has 1 aromatic heterocycles. The summed E-state index contributed by atoms with van der Waals surface area (Å²) in [7, 11) is 0. The molecule has 2 heterocycles. The van der Waals surface area contributed by atoms with E-state index in [1.54, 1.807) is 0 Å². The maximum atomic E-state index is 5.98. The molecule has 1 fully saturated rings. The Hall–Kier alpha value is -1.46. The average molecular weight is 317 g/mol. The maximum absolute atomic E-state index is 5.98. The quantitative estimate of drug-likeness (QED) is 0.863. The summed E-state index contributed by atoms with van der Waals surface area (Å²) < 4.78 is 10.5. The van der Waals surface area contributed by atoms with Gasteiger partial charge in [-0.05, 0) is 24.0 Å². The minimum Gasteiger partial charge on any atom is -0.370 e. The van der Waals surface area contributed by atoms with Crippen molar-refractivity contribution in [3.05, 3.63) is 41.2 Å². The highest BCUT2D eigenvalue weighted by Crippen LogP contribution is 2.29. The summed E-state index contributed by atoms with van der Waals surface area (Å²) in [6.07, 6.45) is 1.06. The minimum absolute atomic E-state index is 0.118. The van der Waals surface area contributed by atoms with Crippen LogP contribution in [0.3, 0.4) is 0 Å². The molecule has 1 aliphatic heterocycles. The molecule has 1 atom stereocenters. The third-order valence-corrected chi connectivity index (χ3v) is 4.74. The van der Waals surface area contributed by atoms with Gasteiger partial charge in [0.25, 0.3) is 0 Å². The zero-order valence-electron chi connectivity index (χ0n) is 13.5. The monoisotopic (exact) mass is 317 g/mol. The fourth-order valence-corrected chi connectivity index (χ4v) is 3.51. The van der Waals surface area contributed by atoms with E-state index in [0.717, 1.165) is 37.1 Å². The number of aromatic nitrogens is 2. The molecule has 118 valence electrons. The Labute approximate surface area is 136 Å². The molecule has 0 spiro atoms. The van der Waals surface area contributed by atoms with Gasteiger partial charge in [0.1, 0.15) is 11.9 Å². The van der Waals surface area contributed by atoms with Crippen molar-refractivity contribution in [3.63, 3.8) is 0 Å². The highest BCUT2D eigenvalue weighted by Gasteiger charge is 2.25. The van der Waals surface area contributed by atoms with Gasteiger partial charge >= 0.3 is 0 Å². The smallest absolute Gasteiger partial charge is 0.205 e. The maximum Gasteiger partial charge on any atom is 0.205 e. The molecule has 1 unspecified atom stereocenters. The Kier molecular flexibility index (Phi) is 4.74. The molecule has 2 aromatic rings. The number of hydrogen-bond acceptors (Lipinski definition) is 5. The highest BCUT2D eigenvalue weighted by molar-refractivity contribution is 7.09. The first-order chi connectivity index (χ1) is 10.6. The number of aryl methyl sites for hydroxylation is 1. The fraction of sp³-hybridized carbons (Fsp3) is 0.529. The van der Waals surface area contributed by atoms with E-state index in [4.69, 9.17) is 9.72 Å². The summed E-state index contributed by atoms with van der Waals surface area (Å²) in [6, 6.07) is 8.45. The van der Waals surface area contributed by atoms with E-state index in [0.29, 0.717) is 5.92 Å². The molecule has 0 amide bonds. The predicted octanol–water partition coefficient (Wildman–Crippen LogP) is 3.62. The van der Waals surface area contributed by atoms with E-state index in [-0.39, 0.29) is 6.10 Å². The lowest BCUT2D eigenvalue weighted by Gasteiger charge is -2.33. The molecule has 0 radical (unpaired) electrons.